The molecule has 3 heterocycles. The van der Waals surface area contributed by atoms with E-state index in [2.05, 4.69) is 25.3 Å². The molecule has 7 heteroatoms. The summed E-state index contributed by atoms with van der Waals surface area (Å²) in [6.45, 7) is 1.45. The zero-order valence-electron chi connectivity index (χ0n) is 14.2. The molecule has 130 valence electrons. The van der Waals surface area contributed by atoms with Crippen LogP contribution in [0.25, 0.3) is 0 Å². The van der Waals surface area contributed by atoms with E-state index >= 15 is 0 Å². The second-order valence-corrected chi connectivity index (χ2v) is 6.69. The number of aryl methyl sites for hydroxylation is 1. The molecule has 25 heavy (non-hydrogen) atoms. The molecule has 0 spiro atoms. The molecule has 4 rings (SSSR count). The molecule has 1 N–H and O–H groups in total. The Hall–Kier alpha value is -2.57. The van der Waals surface area contributed by atoms with Gasteiger partial charge in [-0.15, -0.1) is 0 Å². The Morgan fingerprint density at radius 2 is 1.92 bits per heavy atom. The van der Waals surface area contributed by atoms with Crippen molar-refractivity contribution >= 4 is 11.7 Å². The molecule has 1 aliphatic carbocycles. The van der Waals surface area contributed by atoms with Crippen molar-refractivity contribution in [1.82, 2.24) is 24.8 Å². The molecule has 1 aliphatic heterocycles. The number of anilines is 1. The molecule has 1 fully saturated rings. The third kappa shape index (κ3) is 3.92. The number of hydrogen-bond donors (Lipinski definition) is 1. The summed E-state index contributed by atoms with van der Waals surface area (Å²) in [4.78, 5) is 31.4. The lowest BCUT2D eigenvalue weighted by Crippen LogP contribution is -2.33. The number of carbonyl (C=O) groups excluding carboxylic acids is 1. The highest BCUT2D eigenvalue weighted by Crippen LogP contribution is 2.27. The van der Waals surface area contributed by atoms with E-state index in [1.54, 1.807) is 18.7 Å². The van der Waals surface area contributed by atoms with Crippen LogP contribution in [0.2, 0.25) is 0 Å². The number of carbonyl (C=O) groups is 1. The average Bonchev–Trinajstić information content (AvgIpc) is 3.47. The van der Waals surface area contributed by atoms with Crippen LogP contribution in [0.1, 0.15) is 36.1 Å². The highest BCUT2D eigenvalue weighted by atomic mass is 16.2. The van der Waals surface area contributed by atoms with Gasteiger partial charge in [0.25, 0.3) is 0 Å². The van der Waals surface area contributed by atoms with Gasteiger partial charge in [0, 0.05) is 49.9 Å². The minimum absolute atomic E-state index is 0.182. The summed E-state index contributed by atoms with van der Waals surface area (Å²) in [7, 11) is 0. The van der Waals surface area contributed by atoms with E-state index in [0.717, 1.165) is 43.0 Å². The molecule has 0 bridgehead atoms. The first-order valence-corrected chi connectivity index (χ1v) is 8.90. The second kappa shape index (κ2) is 7.13. The fourth-order valence-electron chi connectivity index (χ4n) is 3.19. The first kappa shape index (κ1) is 15.9. The second-order valence-electron chi connectivity index (χ2n) is 6.69. The molecule has 2 aromatic rings. The third-order valence-electron chi connectivity index (χ3n) is 4.80. The van der Waals surface area contributed by atoms with Crippen molar-refractivity contribution in [2.45, 2.75) is 44.6 Å². The van der Waals surface area contributed by atoms with Crippen LogP contribution < -0.4 is 5.32 Å². The van der Waals surface area contributed by atoms with Crippen molar-refractivity contribution in [3.63, 3.8) is 0 Å². The summed E-state index contributed by atoms with van der Waals surface area (Å²) in [5.41, 5.74) is 3.25. The number of amides is 1. The van der Waals surface area contributed by atoms with Gasteiger partial charge in [-0.25, -0.2) is 19.9 Å². The lowest BCUT2D eigenvalue weighted by molar-refractivity contribution is -0.131. The molecule has 0 unspecified atom stereocenters. The Morgan fingerprint density at radius 1 is 1.12 bits per heavy atom. The zero-order chi connectivity index (χ0) is 17.1. The monoisotopic (exact) mass is 338 g/mol. The van der Waals surface area contributed by atoms with Crippen LogP contribution >= 0.6 is 0 Å². The van der Waals surface area contributed by atoms with Crippen molar-refractivity contribution in [1.29, 1.82) is 0 Å². The molecule has 0 atom stereocenters. The fourth-order valence-corrected chi connectivity index (χ4v) is 3.19. The predicted octanol–water partition coefficient (Wildman–Crippen LogP) is 1.40. The Balaban J connectivity index is 1.38. The van der Waals surface area contributed by atoms with E-state index in [1.807, 2.05) is 4.90 Å². The summed E-state index contributed by atoms with van der Waals surface area (Å²) in [5, 5.41) is 3.49. The van der Waals surface area contributed by atoms with E-state index in [9.17, 15) is 4.79 Å². The normalized spacial score (nSPS) is 16.9. The predicted molar refractivity (Wildman–Crippen MR) is 93.0 cm³/mol. The van der Waals surface area contributed by atoms with Crippen molar-refractivity contribution in [2.24, 2.45) is 0 Å². The highest BCUT2D eigenvalue weighted by molar-refractivity contribution is 5.76. The van der Waals surface area contributed by atoms with Gasteiger partial charge in [0.15, 0.2) is 0 Å². The lowest BCUT2D eigenvalue weighted by atomic mass is 10.1. The van der Waals surface area contributed by atoms with Crippen molar-refractivity contribution in [2.75, 3.05) is 18.4 Å². The smallest absolute Gasteiger partial charge is 0.222 e. The van der Waals surface area contributed by atoms with Crippen LogP contribution in [0, 0.1) is 0 Å². The largest absolute Gasteiger partial charge is 0.367 e. The van der Waals surface area contributed by atoms with Gasteiger partial charge in [-0.1, -0.05) is 0 Å². The number of nitrogens with zero attached hydrogens (tertiary/aromatic N) is 5. The standard InChI is InChI=1S/C18H22N6O/c25-17(4-1-13-9-19-11-20-10-13)24-7-5-15-16(6-8-24)21-12-22-18(15)23-14-2-3-14/h9-12,14H,1-8H2,(H,21,22,23). The maximum atomic E-state index is 12.6. The van der Waals surface area contributed by atoms with E-state index in [4.69, 9.17) is 0 Å². The van der Waals surface area contributed by atoms with Crippen LogP contribution in [-0.2, 0) is 24.1 Å². The maximum absolute atomic E-state index is 12.6. The minimum Gasteiger partial charge on any atom is -0.367 e. The van der Waals surface area contributed by atoms with Crippen LogP contribution in [0.3, 0.4) is 0 Å². The highest BCUT2D eigenvalue weighted by Gasteiger charge is 2.25. The molecule has 7 nitrogen and oxygen atoms in total. The first-order chi connectivity index (χ1) is 12.3. The molecule has 2 aromatic heterocycles. The topological polar surface area (TPSA) is 83.9 Å². The van der Waals surface area contributed by atoms with Gasteiger partial charge in [-0.2, -0.15) is 0 Å². The first-order valence-electron chi connectivity index (χ1n) is 8.90. The van der Waals surface area contributed by atoms with Gasteiger partial charge in [0.05, 0.1) is 5.69 Å². The maximum Gasteiger partial charge on any atom is 0.222 e. The summed E-state index contributed by atoms with van der Waals surface area (Å²) < 4.78 is 0. The molecule has 0 aromatic carbocycles. The van der Waals surface area contributed by atoms with E-state index in [-0.39, 0.29) is 5.91 Å². The van der Waals surface area contributed by atoms with Crippen LogP contribution in [0.5, 0.6) is 0 Å². The Morgan fingerprint density at radius 3 is 2.72 bits per heavy atom. The fraction of sp³-hybridized carbons (Fsp3) is 0.500. The third-order valence-corrected chi connectivity index (χ3v) is 4.80. The summed E-state index contributed by atoms with van der Waals surface area (Å²) in [6, 6.07) is 0.563. The summed E-state index contributed by atoms with van der Waals surface area (Å²) in [6.07, 6.45) is 11.9. The number of hydrogen-bond acceptors (Lipinski definition) is 6. The Labute approximate surface area is 146 Å². The van der Waals surface area contributed by atoms with Gasteiger partial charge in [-0.3, -0.25) is 4.79 Å². The lowest BCUT2D eigenvalue weighted by Gasteiger charge is -2.20. The molecule has 2 aliphatic rings. The number of rotatable bonds is 5. The Kier molecular flexibility index (Phi) is 4.54. The molecule has 0 saturated heterocycles. The van der Waals surface area contributed by atoms with Crippen molar-refractivity contribution in [3.8, 4) is 0 Å². The summed E-state index contributed by atoms with van der Waals surface area (Å²) in [5.74, 6) is 1.14. The molecule has 0 radical (unpaired) electrons. The minimum atomic E-state index is 0.182. The van der Waals surface area contributed by atoms with Crippen LogP contribution in [0.4, 0.5) is 5.82 Å². The van der Waals surface area contributed by atoms with Gasteiger partial charge in [-0.05, 0) is 31.2 Å². The van der Waals surface area contributed by atoms with Crippen LogP contribution in [-0.4, -0.2) is 49.9 Å². The number of aromatic nitrogens is 4. The van der Waals surface area contributed by atoms with E-state index < -0.39 is 0 Å². The molecule has 1 amide bonds. The SMILES string of the molecule is O=C(CCc1cncnc1)N1CCc2ncnc(NC3CC3)c2CC1. The Bertz CT molecular complexity index is 746. The van der Waals surface area contributed by atoms with Crippen molar-refractivity contribution < 1.29 is 4.79 Å². The number of fused-ring (bicyclic) bond motifs is 1. The van der Waals surface area contributed by atoms with Crippen LogP contribution in [0.15, 0.2) is 25.0 Å². The van der Waals surface area contributed by atoms with E-state index in [0.29, 0.717) is 18.9 Å². The molecular formula is C18H22N6O. The summed E-state index contributed by atoms with van der Waals surface area (Å²) >= 11 is 0. The van der Waals surface area contributed by atoms with E-state index in [1.165, 1.54) is 24.7 Å². The van der Waals surface area contributed by atoms with Gasteiger partial charge < -0.3 is 10.2 Å². The molecule has 1 saturated carbocycles. The number of nitrogens with one attached hydrogen (secondary N) is 1. The van der Waals surface area contributed by atoms with Crippen molar-refractivity contribution in [3.05, 3.63) is 41.9 Å². The van der Waals surface area contributed by atoms with Gasteiger partial charge in [0.2, 0.25) is 5.91 Å². The molecular weight excluding hydrogens is 316 g/mol. The average molecular weight is 338 g/mol. The quantitative estimate of drug-likeness (QED) is 0.887. The zero-order valence-corrected chi connectivity index (χ0v) is 14.2. The van der Waals surface area contributed by atoms with Gasteiger partial charge >= 0.3 is 0 Å². The van der Waals surface area contributed by atoms with Gasteiger partial charge in [0.1, 0.15) is 18.5 Å².